The van der Waals surface area contributed by atoms with Crippen molar-refractivity contribution in [3.8, 4) is 0 Å². The van der Waals surface area contributed by atoms with Crippen LogP contribution < -0.4 is 0 Å². The first-order chi connectivity index (χ1) is 9.19. The van der Waals surface area contributed by atoms with Crippen LogP contribution in [0.15, 0.2) is 29.2 Å². The van der Waals surface area contributed by atoms with Crippen LogP contribution in [-0.4, -0.2) is 53.1 Å². The number of rotatable bonds is 8. The Bertz CT molecular complexity index is 397. The topological polar surface area (TPSA) is 60.8 Å². The second-order valence-electron chi connectivity index (χ2n) is 3.86. The van der Waals surface area contributed by atoms with E-state index in [0.29, 0.717) is 10.6 Å². The summed E-state index contributed by atoms with van der Waals surface area (Å²) < 4.78 is 13.3. The third kappa shape index (κ3) is 5.59. The van der Waals surface area contributed by atoms with Gasteiger partial charge in [-0.15, -0.1) is 11.8 Å². The summed E-state index contributed by atoms with van der Waals surface area (Å²) in [4.78, 5) is 13.7. The molecule has 0 aliphatic rings. The quantitative estimate of drug-likeness (QED) is 0.704. The van der Waals surface area contributed by atoms with E-state index in [1.54, 1.807) is 18.2 Å². The zero-order valence-electron chi connectivity index (χ0n) is 10.6. The van der Waals surface area contributed by atoms with Gasteiger partial charge in [0.1, 0.15) is 5.82 Å². The van der Waals surface area contributed by atoms with Crippen molar-refractivity contribution < 1.29 is 19.4 Å². The van der Waals surface area contributed by atoms with Gasteiger partial charge in [0.25, 0.3) is 0 Å². The van der Waals surface area contributed by atoms with Gasteiger partial charge in [0.05, 0.1) is 13.2 Å². The molecule has 0 unspecified atom stereocenters. The molecule has 0 fully saturated rings. The number of benzene rings is 1. The van der Waals surface area contributed by atoms with Crippen molar-refractivity contribution in [2.75, 3.05) is 32.1 Å². The fourth-order valence-corrected chi connectivity index (χ4v) is 2.45. The van der Waals surface area contributed by atoms with Crippen molar-refractivity contribution in [3.63, 3.8) is 0 Å². The molecule has 106 valence electrons. The first kappa shape index (κ1) is 15.9. The van der Waals surface area contributed by atoms with Crippen LogP contribution in [0.5, 0.6) is 0 Å². The van der Waals surface area contributed by atoms with Crippen LogP contribution in [-0.2, 0) is 4.79 Å². The third-order valence-corrected chi connectivity index (χ3v) is 3.55. The molecule has 1 aromatic rings. The van der Waals surface area contributed by atoms with Crippen LogP contribution in [0.4, 0.5) is 4.39 Å². The van der Waals surface area contributed by atoms with Gasteiger partial charge in [-0.1, -0.05) is 12.1 Å². The lowest BCUT2D eigenvalue weighted by atomic mass is 10.3. The number of halogens is 1. The fraction of sp³-hybridized carbons (Fsp3) is 0.462. The van der Waals surface area contributed by atoms with Crippen LogP contribution in [0, 0.1) is 5.82 Å². The van der Waals surface area contributed by atoms with E-state index >= 15 is 0 Å². The van der Waals surface area contributed by atoms with Crippen molar-refractivity contribution >= 4 is 17.7 Å². The monoisotopic (exact) mass is 287 g/mol. The molecule has 0 radical (unpaired) electrons. The first-order valence-electron chi connectivity index (χ1n) is 6.06. The number of thioether (sulfide) groups is 1. The molecule has 0 aliphatic heterocycles. The summed E-state index contributed by atoms with van der Waals surface area (Å²) in [6.07, 6.45) is 0.249. The molecular formula is C13H18FNO3S. The Labute approximate surface area is 116 Å². The normalized spacial score (nSPS) is 10.5. The Kier molecular flexibility index (Phi) is 7.47. The average Bonchev–Trinajstić information content (AvgIpc) is 2.40. The molecule has 1 aromatic carbocycles. The highest BCUT2D eigenvalue weighted by molar-refractivity contribution is 7.99. The molecule has 6 heteroatoms. The van der Waals surface area contributed by atoms with E-state index in [1.165, 1.54) is 22.7 Å². The van der Waals surface area contributed by atoms with Gasteiger partial charge in [-0.25, -0.2) is 4.39 Å². The second kappa shape index (κ2) is 8.90. The first-order valence-corrected chi connectivity index (χ1v) is 7.04. The number of aliphatic hydroxyl groups is 2. The largest absolute Gasteiger partial charge is 0.395 e. The lowest BCUT2D eigenvalue weighted by Gasteiger charge is -2.20. The molecule has 0 bridgehead atoms. The Balaban J connectivity index is 2.39. The summed E-state index contributed by atoms with van der Waals surface area (Å²) in [5.41, 5.74) is 0. The van der Waals surface area contributed by atoms with Gasteiger partial charge in [0.2, 0.25) is 5.91 Å². The second-order valence-corrected chi connectivity index (χ2v) is 4.99. The number of nitrogens with zero attached hydrogens (tertiary/aromatic N) is 1. The van der Waals surface area contributed by atoms with Crippen LogP contribution in [0.25, 0.3) is 0 Å². The van der Waals surface area contributed by atoms with E-state index in [9.17, 15) is 9.18 Å². The molecule has 1 amide bonds. The predicted octanol–water partition coefficient (Wildman–Crippen LogP) is 1.12. The number of carbonyl (C=O) groups excluding carboxylic acids is 1. The zero-order chi connectivity index (χ0) is 14.1. The molecule has 0 atom stereocenters. The summed E-state index contributed by atoms with van der Waals surface area (Å²) in [5.74, 6) is 0.0297. The number of hydrogen-bond donors (Lipinski definition) is 2. The van der Waals surface area contributed by atoms with Gasteiger partial charge in [0.15, 0.2) is 0 Å². The Morgan fingerprint density at radius 3 is 2.42 bits per heavy atom. The molecule has 19 heavy (non-hydrogen) atoms. The van der Waals surface area contributed by atoms with Gasteiger partial charge in [-0.05, 0) is 12.1 Å². The SMILES string of the molecule is O=C(CCSc1ccccc1F)N(CCO)CCO. The van der Waals surface area contributed by atoms with Crippen LogP contribution in [0.3, 0.4) is 0 Å². The zero-order valence-corrected chi connectivity index (χ0v) is 11.4. The van der Waals surface area contributed by atoms with Gasteiger partial charge < -0.3 is 15.1 Å². The molecule has 1 rings (SSSR count). The van der Waals surface area contributed by atoms with Crippen molar-refractivity contribution in [1.82, 2.24) is 4.90 Å². The summed E-state index contributed by atoms with van der Waals surface area (Å²) in [7, 11) is 0. The van der Waals surface area contributed by atoms with Crippen LogP contribution in [0.1, 0.15) is 6.42 Å². The molecule has 0 saturated heterocycles. The van der Waals surface area contributed by atoms with E-state index in [4.69, 9.17) is 10.2 Å². The molecule has 0 aromatic heterocycles. The molecular weight excluding hydrogens is 269 g/mol. The lowest BCUT2D eigenvalue weighted by molar-refractivity contribution is -0.131. The van der Waals surface area contributed by atoms with Gasteiger partial charge in [-0.3, -0.25) is 4.79 Å². The van der Waals surface area contributed by atoms with E-state index in [0.717, 1.165) is 0 Å². The van der Waals surface area contributed by atoms with Crippen molar-refractivity contribution in [3.05, 3.63) is 30.1 Å². The van der Waals surface area contributed by atoms with E-state index in [2.05, 4.69) is 0 Å². The maximum Gasteiger partial charge on any atom is 0.223 e. The summed E-state index contributed by atoms with van der Waals surface area (Å²) >= 11 is 1.28. The number of hydrogen-bond acceptors (Lipinski definition) is 4. The minimum Gasteiger partial charge on any atom is -0.395 e. The minimum absolute atomic E-state index is 0.133. The average molecular weight is 287 g/mol. The Hall–Kier alpha value is -1.11. The molecule has 0 spiro atoms. The summed E-state index contributed by atoms with van der Waals surface area (Å²) in [5, 5.41) is 17.6. The molecule has 0 aliphatic carbocycles. The van der Waals surface area contributed by atoms with Gasteiger partial charge in [0, 0.05) is 30.2 Å². The maximum atomic E-state index is 13.3. The van der Waals surface area contributed by atoms with Gasteiger partial charge >= 0.3 is 0 Å². The molecule has 2 N–H and O–H groups in total. The highest BCUT2D eigenvalue weighted by Crippen LogP contribution is 2.21. The summed E-state index contributed by atoms with van der Waals surface area (Å²) in [6.45, 7) is 0.159. The third-order valence-electron chi connectivity index (χ3n) is 2.50. The Morgan fingerprint density at radius 1 is 1.21 bits per heavy atom. The van der Waals surface area contributed by atoms with E-state index in [1.807, 2.05) is 0 Å². The van der Waals surface area contributed by atoms with Crippen molar-refractivity contribution in [2.24, 2.45) is 0 Å². The molecule has 0 saturated carbocycles. The van der Waals surface area contributed by atoms with Crippen LogP contribution in [0.2, 0.25) is 0 Å². The number of aliphatic hydroxyl groups excluding tert-OH is 2. The number of amides is 1. The predicted molar refractivity (Wildman–Crippen MR) is 72.5 cm³/mol. The smallest absolute Gasteiger partial charge is 0.223 e. The highest BCUT2D eigenvalue weighted by atomic mass is 32.2. The highest BCUT2D eigenvalue weighted by Gasteiger charge is 2.12. The summed E-state index contributed by atoms with van der Waals surface area (Å²) in [6, 6.07) is 6.42. The molecule has 4 nitrogen and oxygen atoms in total. The lowest BCUT2D eigenvalue weighted by Crippen LogP contribution is -2.36. The van der Waals surface area contributed by atoms with Crippen molar-refractivity contribution in [2.45, 2.75) is 11.3 Å². The van der Waals surface area contributed by atoms with E-state index < -0.39 is 0 Å². The van der Waals surface area contributed by atoms with Crippen molar-refractivity contribution in [1.29, 1.82) is 0 Å². The minimum atomic E-state index is -0.289. The van der Waals surface area contributed by atoms with E-state index in [-0.39, 0.29) is 44.4 Å². The fourth-order valence-electron chi connectivity index (χ4n) is 1.57. The van der Waals surface area contributed by atoms with Crippen LogP contribution >= 0.6 is 11.8 Å². The number of carbonyl (C=O) groups is 1. The standard InChI is InChI=1S/C13H18FNO3S/c14-11-3-1-2-4-12(11)19-10-5-13(18)15(6-8-16)7-9-17/h1-4,16-17H,5-10H2. The molecule has 0 heterocycles. The maximum absolute atomic E-state index is 13.3. The Morgan fingerprint density at radius 2 is 1.84 bits per heavy atom. The van der Waals surface area contributed by atoms with Gasteiger partial charge in [-0.2, -0.15) is 0 Å².